The van der Waals surface area contributed by atoms with E-state index in [9.17, 15) is 5.11 Å². The molecule has 0 spiro atoms. The minimum absolute atomic E-state index is 0.386. The SMILES string of the molecule is Cc1cccc(CNCc2ccccc2Br)c1O. The van der Waals surface area contributed by atoms with E-state index in [1.807, 2.05) is 43.3 Å². The molecule has 2 rings (SSSR count). The zero-order valence-corrected chi connectivity index (χ0v) is 11.9. The number of halogens is 1. The van der Waals surface area contributed by atoms with Crippen molar-refractivity contribution < 1.29 is 5.11 Å². The lowest BCUT2D eigenvalue weighted by Gasteiger charge is -2.09. The van der Waals surface area contributed by atoms with E-state index in [1.165, 1.54) is 5.56 Å². The minimum atomic E-state index is 0.386. The van der Waals surface area contributed by atoms with Gasteiger partial charge in [-0.3, -0.25) is 0 Å². The van der Waals surface area contributed by atoms with Crippen LogP contribution < -0.4 is 5.32 Å². The summed E-state index contributed by atoms with van der Waals surface area (Å²) in [5, 5.41) is 13.2. The van der Waals surface area contributed by atoms with Crippen LogP contribution in [0.3, 0.4) is 0 Å². The molecule has 18 heavy (non-hydrogen) atoms. The number of benzene rings is 2. The van der Waals surface area contributed by atoms with Gasteiger partial charge in [-0.1, -0.05) is 52.3 Å². The average molecular weight is 306 g/mol. The first-order valence-electron chi connectivity index (χ1n) is 5.90. The highest BCUT2D eigenvalue weighted by Crippen LogP contribution is 2.21. The molecule has 0 saturated carbocycles. The third-order valence-electron chi connectivity index (χ3n) is 2.91. The fourth-order valence-corrected chi connectivity index (χ4v) is 2.26. The zero-order valence-electron chi connectivity index (χ0n) is 10.3. The second kappa shape index (κ2) is 6.03. The number of hydrogen-bond acceptors (Lipinski definition) is 2. The Morgan fingerprint density at radius 3 is 2.44 bits per heavy atom. The molecule has 0 saturated heterocycles. The molecule has 0 bridgehead atoms. The van der Waals surface area contributed by atoms with Crippen LogP contribution in [-0.2, 0) is 13.1 Å². The monoisotopic (exact) mass is 305 g/mol. The number of rotatable bonds is 4. The Bertz CT molecular complexity index is 540. The number of aromatic hydroxyl groups is 1. The molecule has 2 aromatic rings. The van der Waals surface area contributed by atoms with Crippen LogP contribution in [0.2, 0.25) is 0 Å². The highest BCUT2D eigenvalue weighted by Gasteiger charge is 2.03. The molecular formula is C15H16BrNO. The van der Waals surface area contributed by atoms with Gasteiger partial charge in [0.15, 0.2) is 0 Å². The van der Waals surface area contributed by atoms with Gasteiger partial charge >= 0.3 is 0 Å². The molecule has 0 atom stereocenters. The fraction of sp³-hybridized carbons (Fsp3) is 0.200. The normalized spacial score (nSPS) is 10.6. The van der Waals surface area contributed by atoms with E-state index >= 15 is 0 Å². The molecule has 2 aromatic carbocycles. The Kier molecular flexibility index (Phi) is 4.39. The predicted octanol–water partition coefficient (Wildman–Crippen LogP) is 3.75. The van der Waals surface area contributed by atoms with Gasteiger partial charge in [-0.25, -0.2) is 0 Å². The summed E-state index contributed by atoms with van der Waals surface area (Å²) in [4.78, 5) is 0. The Balaban J connectivity index is 1.97. The molecular weight excluding hydrogens is 290 g/mol. The minimum Gasteiger partial charge on any atom is -0.507 e. The third-order valence-corrected chi connectivity index (χ3v) is 3.68. The van der Waals surface area contributed by atoms with E-state index in [4.69, 9.17) is 0 Å². The first-order valence-corrected chi connectivity index (χ1v) is 6.69. The molecule has 0 aliphatic carbocycles. The molecule has 0 aromatic heterocycles. The maximum atomic E-state index is 9.90. The van der Waals surface area contributed by atoms with Crippen LogP contribution in [0, 0.1) is 6.92 Å². The maximum absolute atomic E-state index is 9.90. The number of phenols is 1. The van der Waals surface area contributed by atoms with Gasteiger partial charge < -0.3 is 10.4 Å². The van der Waals surface area contributed by atoms with E-state index in [2.05, 4.69) is 27.3 Å². The molecule has 2 N–H and O–H groups in total. The molecule has 3 heteroatoms. The first kappa shape index (κ1) is 13.1. The molecule has 0 fully saturated rings. The summed E-state index contributed by atoms with van der Waals surface area (Å²) in [6, 6.07) is 13.9. The van der Waals surface area contributed by atoms with Crippen LogP contribution in [0.5, 0.6) is 5.75 Å². The lowest BCUT2D eigenvalue weighted by Crippen LogP contribution is -2.13. The lowest BCUT2D eigenvalue weighted by atomic mass is 10.1. The summed E-state index contributed by atoms with van der Waals surface area (Å²) in [7, 11) is 0. The highest BCUT2D eigenvalue weighted by atomic mass is 79.9. The van der Waals surface area contributed by atoms with Crippen molar-refractivity contribution in [2.45, 2.75) is 20.0 Å². The van der Waals surface area contributed by atoms with Gasteiger partial charge in [0.05, 0.1) is 0 Å². The molecule has 0 amide bonds. The van der Waals surface area contributed by atoms with Gasteiger partial charge in [0, 0.05) is 23.1 Å². The molecule has 0 aliphatic rings. The summed E-state index contributed by atoms with van der Waals surface area (Å²) in [5.74, 6) is 0.386. The average Bonchev–Trinajstić information content (AvgIpc) is 2.37. The van der Waals surface area contributed by atoms with Gasteiger partial charge in [0.2, 0.25) is 0 Å². The van der Waals surface area contributed by atoms with Crippen LogP contribution in [0.4, 0.5) is 0 Å². The van der Waals surface area contributed by atoms with Gasteiger partial charge in [-0.2, -0.15) is 0 Å². The largest absolute Gasteiger partial charge is 0.507 e. The van der Waals surface area contributed by atoms with Crippen molar-refractivity contribution in [2.24, 2.45) is 0 Å². The first-order chi connectivity index (χ1) is 8.68. The number of phenolic OH excluding ortho intramolecular Hbond substituents is 1. The topological polar surface area (TPSA) is 32.3 Å². The van der Waals surface area contributed by atoms with Gasteiger partial charge in [0.25, 0.3) is 0 Å². The summed E-state index contributed by atoms with van der Waals surface area (Å²) in [5.41, 5.74) is 3.06. The van der Waals surface area contributed by atoms with Crippen LogP contribution in [0.15, 0.2) is 46.9 Å². The van der Waals surface area contributed by atoms with Gasteiger partial charge in [0.1, 0.15) is 5.75 Å². The zero-order chi connectivity index (χ0) is 13.0. The standard InChI is InChI=1S/C15H16BrNO/c1-11-5-4-7-13(15(11)18)10-17-9-12-6-2-3-8-14(12)16/h2-8,17-18H,9-10H2,1H3. The third kappa shape index (κ3) is 3.12. The van der Waals surface area contributed by atoms with Crippen molar-refractivity contribution >= 4 is 15.9 Å². The van der Waals surface area contributed by atoms with Crippen molar-refractivity contribution in [1.29, 1.82) is 0 Å². The van der Waals surface area contributed by atoms with Gasteiger partial charge in [-0.05, 0) is 24.1 Å². The number of aryl methyl sites for hydroxylation is 1. The quantitative estimate of drug-likeness (QED) is 0.901. The Morgan fingerprint density at radius 1 is 1.00 bits per heavy atom. The summed E-state index contributed by atoms with van der Waals surface area (Å²) >= 11 is 3.52. The van der Waals surface area contributed by atoms with Crippen LogP contribution in [0.25, 0.3) is 0 Å². The Labute approximate surface area is 116 Å². The smallest absolute Gasteiger partial charge is 0.122 e. The molecule has 0 radical (unpaired) electrons. The van der Waals surface area contributed by atoms with Crippen LogP contribution in [-0.4, -0.2) is 5.11 Å². The van der Waals surface area contributed by atoms with E-state index in [-0.39, 0.29) is 0 Å². The molecule has 94 valence electrons. The molecule has 0 aliphatic heterocycles. The Hall–Kier alpha value is -1.32. The van der Waals surface area contributed by atoms with Crippen molar-refractivity contribution in [3.05, 3.63) is 63.6 Å². The van der Waals surface area contributed by atoms with Crippen molar-refractivity contribution in [3.8, 4) is 5.75 Å². The second-order valence-electron chi connectivity index (χ2n) is 4.28. The van der Waals surface area contributed by atoms with Crippen molar-refractivity contribution in [2.75, 3.05) is 0 Å². The fourth-order valence-electron chi connectivity index (χ4n) is 1.84. The molecule has 0 unspecified atom stereocenters. The van der Waals surface area contributed by atoms with Gasteiger partial charge in [-0.15, -0.1) is 0 Å². The van der Waals surface area contributed by atoms with E-state index in [0.717, 1.165) is 22.1 Å². The maximum Gasteiger partial charge on any atom is 0.122 e. The van der Waals surface area contributed by atoms with E-state index in [1.54, 1.807) is 0 Å². The van der Waals surface area contributed by atoms with Crippen LogP contribution >= 0.6 is 15.9 Å². The number of hydrogen-bond donors (Lipinski definition) is 2. The highest BCUT2D eigenvalue weighted by molar-refractivity contribution is 9.10. The Morgan fingerprint density at radius 2 is 1.67 bits per heavy atom. The van der Waals surface area contributed by atoms with Crippen LogP contribution in [0.1, 0.15) is 16.7 Å². The predicted molar refractivity (Wildman–Crippen MR) is 77.5 cm³/mol. The van der Waals surface area contributed by atoms with E-state index in [0.29, 0.717) is 12.3 Å². The second-order valence-corrected chi connectivity index (χ2v) is 5.13. The molecule has 0 heterocycles. The summed E-state index contributed by atoms with van der Waals surface area (Å²) in [6.07, 6.45) is 0. The summed E-state index contributed by atoms with van der Waals surface area (Å²) < 4.78 is 1.10. The lowest BCUT2D eigenvalue weighted by molar-refractivity contribution is 0.460. The molecule has 2 nitrogen and oxygen atoms in total. The number of para-hydroxylation sites is 1. The number of nitrogens with one attached hydrogen (secondary N) is 1. The van der Waals surface area contributed by atoms with Crippen molar-refractivity contribution in [3.63, 3.8) is 0 Å². The van der Waals surface area contributed by atoms with E-state index < -0.39 is 0 Å². The van der Waals surface area contributed by atoms with Crippen molar-refractivity contribution in [1.82, 2.24) is 5.32 Å². The summed E-state index contributed by atoms with van der Waals surface area (Å²) in [6.45, 7) is 3.34.